The molecule has 0 radical (unpaired) electrons. The van der Waals surface area contributed by atoms with Crippen molar-refractivity contribution in [2.45, 2.75) is 0 Å². The molecule has 0 heterocycles. The first-order valence-corrected chi connectivity index (χ1v) is 4.63. The highest BCUT2D eigenvalue weighted by atomic mass is 35.5. The molecule has 0 aliphatic rings. The number of rotatable bonds is 3. The number of hydrogen-bond acceptors (Lipinski definition) is 3. The number of esters is 1. The van der Waals surface area contributed by atoms with Crippen LogP contribution in [0.4, 0.5) is 5.69 Å². The van der Waals surface area contributed by atoms with Crippen molar-refractivity contribution >= 4 is 23.3 Å². The molecule has 0 saturated carbocycles. The Labute approximate surface area is 97.9 Å². The van der Waals surface area contributed by atoms with E-state index in [-0.39, 0.29) is 0 Å². The number of halogens is 1. The van der Waals surface area contributed by atoms with Crippen molar-refractivity contribution in [3.05, 3.63) is 47.0 Å². The fourth-order valence-corrected chi connectivity index (χ4v) is 1.07. The van der Waals surface area contributed by atoms with Gasteiger partial charge in [-0.25, -0.2) is 9.64 Å². The largest absolute Gasteiger partial charge is 0.476 e. The Balaban J connectivity index is 2.81. The Hall–Kier alpha value is -1.99. The van der Waals surface area contributed by atoms with Crippen LogP contribution in [0.15, 0.2) is 30.5 Å². The third kappa shape index (κ3) is 3.30. The van der Waals surface area contributed by atoms with E-state index in [1.54, 1.807) is 6.07 Å². The van der Waals surface area contributed by atoms with Crippen LogP contribution >= 0.6 is 11.6 Å². The van der Waals surface area contributed by atoms with Crippen LogP contribution in [0.2, 0.25) is 5.02 Å². The number of benzene rings is 1. The lowest BCUT2D eigenvalue weighted by molar-refractivity contribution is -0.134. The van der Waals surface area contributed by atoms with E-state index in [9.17, 15) is 4.79 Å². The molecule has 5 heteroatoms. The number of hydrogen-bond donors (Lipinski definition) is 0. The van der Waals surface area contributed by atoms with Crippen molar-refractivity contribution in [3.8, 4) is 5.75 Å². The van der Waals surface area contributed by atoms with Crippen molar-refractivity contribution in [2.75, 3.05) is 7.11 Å². The molecule has 1 rings (SSSR count). The van der Waals surface area contributed by atoms with Crippen LogP contribution < -0.4 is 4.74 Å². The second-order valence-electron chi connectivity index (χ2n) is 2.67. The van der Waals surface area contributed by atoms with Crippen LogP contribution in [-0.2, 0) is 9.53 Å². The smallest absolute Gasteiger partial charge is 0.333 e. The molecular formula is C11H8ClNO3. The van der Waals surface area contributed by atoms with E-state index in [4.69, 9.17) is 22.9 Å². The number of carbonyl (C=O) groups is 1. The molecule has 4 nitrogen and oxygen atoms in total. The fourth-order valence-electron chi connectivity index (χ4n) is 0.906. The molecular weight excluding hydrogens is 230 g/mol. The third-order valence-electron chi connectivity index (χ3n) is 1.64. The molecule has 0 bridgehead atoms. The van der Waals surface area contributed by atoms with Gasteiger partial charge in [0.1, 0.15) is 5.75 Å². The lowest BCUT2D eigenvalue weighted by Crippen LogP contribution is -1.95. The highest BCUT2D eigenvalue weighted by Gasteiger charge is 2.03. The zero-order valence-corrected chi connectivity index (χ0v) is 9.19. The summed E-state index contributed by atoms with van der Waals surface area (Å²) in [7, 11) is 1.26. The van der Waals surface area contributed by atoms with Gasteiger partial charge in [-0.05, 0) is 6.07 Å². The van der Waals surface area contributed by atoms with Crippen LogP contribution in [0.1, 0.15) is 0 Å². The minimum atomic E-state index is -0.536. The van der Waals surface area contributed by atoms with Gasteiger partial charge in [0.05, 0.1) is 26.0 Å². The van der Waals surface area contributed by atoms with Gasteiger partial charge >= 0.3 is 5.97 Å². The molecule has 1 aromatic carbocycles. The topological polar surface area (TPSA) is 39.9 Å². The predicted molar refractivity (Wildman–Crippen MR) is 59.5 cm³/mol. The van der Waals surface area contributed by atoms with Gasteiger partial charge in [-0.3, -0.25) is 0 Å². The fraction of sp³-hybridized carbons (Fsp3) is 0.0909. The van der Waals surface area contributed by atoms with Crippen LogP contribution in [0, 0.1) is 6.57 Å². The van der Waals surface area contributed by atoms with Gasteiger partial charge in [-0.2, -0.15) is 0 Å². The number of methoxy groups -OCH3 is 1. The van der Waals surface area contributed by atoms with Gasteiger partial charge < -0.3 is 9.47 Å². The Kier molecular flexibility index (Phi) is 4.37. The van der Waals surface area contributed by atoms with Crippen LogP contribution in [-0.4, -0.2) is 13.1 Å². The molecule has 16 heavy (non-hydrogen) atoms. The summed E-state index contributed by atoms with van der Waals surface area (Å²) < 4.78 is 9.48. The molecule has 82 valence electrons. The number of carbonyl (C=O) groups excluding carboxylic acids is 1. The number of nitrogens with zero attached hydrogens (tertiary/aromatic N) is 1. The first-order valence-electron chi connectivity index (χ1n) is 4.25. The Morgan fingerprint density at radius 2 is 2.31 bits per heavy atom. The second-order valence-corrected chi connectivity index (χ2v) is 3.10. The minimum Gasteiger partial charge on any atom is -0.476 e. The van der Waals surface area contributed by atoms with Crippen molar-refractivity contribution in [3.63, 3.8) is 0 Å². The van der Waals surface area contributed by atoms with E-state index in [2.05, 4.69) is 9.58 Å². The summed E-state index contributed by atoms with van der Waals surface area (Å²) >= 11 is 5.74. The number of ether oxygens (including phenoxy) is 2. The third-order valence-corrected chi connectivity index (χ3v) is 1.88. The van der Waals surface area contributed by atoms with Gasteiger partial charge in [0.2, 0.25) is 5.69 Å². The van der Waals surface area contributed by atoms with Gasteiger partial charge in [-0.1, -0.05) is 23.7 Å². The summed E-state index contributed by atoms with van der Waals surface area (Å²) in [6.45, 7) is 6.90. The van der Waals surface area contributed by atoms with E-state index < -0.39 is 5.97 Å². The molecule has 0 atom stereocenters. The summed E-state index contributed by atoms with van der Waals surface area (Å²) in [5, 5.41) is 0.453. The first kappa shape index (κ1) is 12.1. The summed E-state index contributed by atoms with van der Waals surface area (Å²) in [4.78, 5) is 14.0. The van der Waals surface area contributed by atoms with Crippen LogP contribution in [0.3, 0.4) is 0 Å². The molecule has 0 N–H and O–H groups in total. The monoisotopic (exact) mass is 237 g/mol. The van der Waals surface area contributed by atoms with E-state index in [1.807, 2.05) is 0 Å². The normalized spacial score (nSPS) is 9.81. The zero-order valence-electron chi connectivity index (χ0n) is 8.44. The van der Waals surface area contributed by atoms with Crippen molar-refractivity contribution in [1.29, 1.82) is 0 Å². The molecule has 1 aromatic rings. The molecule has 0 spiro atoms. The standard InChI is InChI=1S/C11H8ClNO3/c1-13-9-4-3-8(12)7-10(9)16-6-5-11(14)15-2/h3-7H,2H3. The Bertz CT molecular complexity index is 463. The summed E-state index contributed by atoms with van der Waals surface area (Å²) in [6, 6.07) is 4.62. The molecule has 0 fully saturated rings. The average molecular weight is 238 g/mol. The zero-order chi connectivity index (χ0) is 12.0. The van der Waals surface area contributed by atoms with Crippen molar-refractivity contribution in [1.82, 2.24) is 0 Å². The summed E-state index contributed by atoms with van der Waals surface area (Å²) in [5.74, 6) is -0.242. The average Bonchev–Trinajstić information content (AvgIpc) is 2.29. The molecule has 0 unspecified atom stereocenters. The molecule has 0 aliphatic carbocycles. The van der Waals surface area contributed by atoms with Crippen molar-refractivity contribution in [2.24, 2.45) is 0 Å². The first-order chi connectivity index (χ1) is 7.67. The van der Waals surface area contributed by atoms with Crippen molar-refractivity contribution < 1.29 is 14.3 Å². The molecule has 0 aromatic heterocycles. The molecule has 0 amide bonds. The van der Waals surface area contributed by atoms with Gasteiger partial charge in [0, 0.05) is 5.02 Å². The maximum absolute atomic E-state index is 10.7. The predicted octanol–water partition coefficient (Wildman–Crippen LogP) is 2.96. The van der Waals surface area contributed by atoms with E-state index in [1.165, 1.54) is 19.2 Å². The SMILES string of the molecule is [C-]#[N+]c1ccc(Cl)cc1OC=CC(=O)OC. The lowest BCUT2D eigenvalue weighted by atomic mass is 10.3. The van der Waals surface area contributed by atoms with Crippen LogP contribution in [0.5, 0.6) is 5.75 Å². The van der Waals surface area contributed by atoms with Gasteiger partial charge in [0.25, 0.3) is 0 Å². The highest BCUT2D eigenvalue weighted by molar-refractivity contribution is 6.30. The summed E-state index contributed by atoms with van der Waals surface area (Å²) in [6.07, 6.45) is 2.25. The molecule has 0 saturated heterocycles. The Morgan fingerprint density at radius 1 is 1.56 bits per heavy atom. The summed E-state index contributed by atoms with van der Waals surface area (Å²) in [5.41, 5.74) is 0.318. The molecule has 0 aliphatic heterocycles. The van der Waals surface area contributed by atoms with Crippen LogP contribution in [0.25, 0.3) is 4.85 Å². The van der Waals surface area contributed by atoms with Gasteiger partial charge in [0.15, 0.2) is 0 Å². The lowest BCUT2D eigenvalue weighted by Gasteiger charge is -2.02. The van der Waals surface area contributed by atoms with E-state index >= 15 is 0 Å². The maximum Gasteiger partial charge on any atom is 0.333 e. The second kappa shape index (κ2) is 5.79. The highest BCUT2D eigenvalue weighted by Crippen LogP contribution is 2.30. The quantitative estimate of drug-likeness (QED) is 0.351. The Morgan fingerprint density at radius 3 is 2.94 bits per heavy atom. The maximum atomic E-state index is 10.7. The minimum absolute atomic E-state index is 0.294. The van der Waals surface area contributed by atoms with Gasteiger partial charge in [-0.15, -0.1) is 0 Å². The van der Waals surface area contributed by atoms with E-state index in [0.717, 1.165) is 12.3 Å². The van der Waals surface area contributed by atoms with E-state index in [0.29, 0.717) is 16.5 Å².